The Balaban J connectivity index is 1.35. The Bertz CT molecular complexity index is 2150. The molecular weight excluding hydrogens is 726 g/mol. The molecule has 1 saturated carbocycles. The number of hydrazine groups is 1. The van der Waals surface area contributed by atoms with Crippen LogP contribution in [0.4, 0.5) is 11.4 Å². The van der Waals surface area contributed by atoms with Crippen molar-refractivity contribution in [3.8, 4) is 17.2 Å². The van der Waals surface area contributed by atoms with Gasteiger partial charge in [-0.2, -0.15) is 5.01 Å². The van der Waals surface area contributed by atoms with Crippen LogP contribution in [0.3, 0.4) is 0 Å². The number of allylic oxidation sites excluding steroid dienone is 2. The van der Waals surface area contributed by atoms with Crippen molar-refractivity contribution in [2.24, 2.45) is 23.7 Å². The fourth-order valence-electron chi connectivity index (χ4n) is 9.07. The Morgan fingerprint density at radius 1 is 0.846 bits per heavy atom. The number of methoxy groups -OCH3 is 2. The van der Waals surface area contributed by atoms with E-state index in [-0.39, 0.29) is 36.2 Å². The van der Waals surface area contributed by atoms with Gasteiger partial charge in [0.15, 0.2) is 0 Å². The fourth-order valence-corrected chi connectivity index (χ4v) is 9.33. The summed E-state index contributed by atoms with van der Waals surface area (Å²) in [5, 5.41) is 13.0. The minimum atomic E-state index is -1.57. The van der Waals surface area contributed by atoms with Crippen molar-refractivity contribution in [1.29, 1.82) is 0 Å². The molecule has 6 unspecified atom stereocenters. The van der Waals surface area contributed by atoms with Crippen molar-refractivity contribution in [1.82, 2.24) is 5.01 Å². The number of hydrogen-bond donors (Lipinski definition) is 2. The van der Waals surface area contributed by atoms with Gasteiger partial charge in [0.2, 0.25) is 11.8 Å². The summed E-state index contributed by atoms with van der Waals surface area (Å²) in [4.78, 5) is 60.1. The lowest BCUT2D eigenvalue weighted by Crippen LogP contribution is -2.53. The highest BCUT2D eigenvalue weighted by molar-refractivity contribution is 9.10. The molecule has 6 atom stereocenters. The Morgan fingerprint density at radius 2 is 1.56 bits per heavy atom. The summed E-state index contributed by atoms with van der Waals surface area (Å²) in [5.74, 6) is -5.20. The summed E-state index contributed by atoms with van der Waals surface area (Å²) >= 11 is 3.43. The molecule has 2 saturated heterocycles. The summed E-state index contributed by atoms with van der Waals surface area (Å²) in [5.41, 5.74) is 5.15. The molecule has 2 N–H and O–H groups in total. The summed E-state index contributed by atoms with van der Waals surface area (Å²) in [6.45, 7) is 1.95. The van der Waals surface area contributed by atoms with Crippen LogP contribution in [-0.2, 0) is 24.6 Å². The van der Waals surface area contributed by atoms with Gasteiger partial charge >= 0.3 is 0 Å². The van der Waals surface area contributed by atoms with Gasteiger partial charge in [0.25, 0.3) is 11.8 Å². The van der Waals surface area contributed by atoms with Gasteiger partial charge in [0, 0.05) is 28.1 Å². The number of benzene rings is 4. The lowest BCUT2D eigenvalue weighted by atomic mass is 9.49. The number of fused-ring (bicyclic) bond motifs is 4. The number of phenolic OH excluding ortho intramolecular Hbond substituents is 1. The number of halogens is 1. The number of aromatic hydroxyl groups is 1. The second-order valence-electron chi connectivity index (χ2n) is 13.8. The Kier molecular flexibility index (Phi) is 8.21. The highest BCUT2D eigenvalue weighted by atomic mass is 79.9. The zero-order valence-electron chi connectivity index (χ0n) is 28.7. The van der Waals surface area contributed by atoms with Gasteiger partial charge in [0.05, 0.1) is 48.8 Å². The van der Waals surface area contributed by atoms with Crippen LogP contribution in [0.5, 0.6) is 17.2 Å². The minimum Gasteiger partial charge on any atom is -0.507 e. The van der Waals surface area contributed by atoms with E-state index in [9.17, 15) is 19.5 Å². The number of imide groups is 2. The number of nitrogens with one attached hydrogen (secondary N) is 1. The van der Waals surface area contributed by atoms with E-state index < -0.39 is 46.8 Å². The zero-order valence-corrected chi connectivity index (χ0v) is 30.3. The summed E-state index contributed by atoms with van der Waals surface area (Å²) in [6, 6.07) is 26.6. The first kappa shape index (κ1) is 33.7. The summed E-state index contributed by atoms with van der Waals surface area (Å²) in [6.07, 6.45) is 2.32. The average Bonchev–Trinajstić information content (AvgIpc) is 3.53. The van der Waals surface area contributed by atoms with Crippen LogP contribution in [0.2, 0.25) is 0 Å². The van der Waals surface area contributed by atoms with Gasteiger partial charge in [-0.15, -0.1) is 0 Å². The molecule has 2 aliphatic carbocycles. The molecule has 4 amide bonds. The average molecular weight is 763 g/mol. The van der Waals surface area contributed by atoms with Crippen LogP contribution in [0.25, 0.3) is 0 Å². The van der Waals surface area contributed by atoms with Gasteiger partial charge in [0.1, 0.15) is 17.2 Å². The molecule has 52 heavy (non-hydrogen) atoms. The monoisotopic (exact) mass is 761 g/mol. The second kappa shape index (κ2) is 12.7. The number of phenols is 1. The molecule has 0 bridgehead atoms. The minimum absolute atomic E-state index is 0.126. The van der Waals surface area contributed by atoms with Crippen LogP contribution in [0.1, 0.15) is 35.4 Å². The molecule has 264 valence electrons. The van der Waals surface area contributed by atoms with E-state index >= 15 is 4.79 Å². The Labute approximate surface area is 309 Å². The number of anilines is 2. The van der Waals surface area contributed by atoms with E-state index in [4.69, 9.17) is 9.47 Å². The quantitative estimate of drug-likeness (QED) is 0.158. The smallest absolute Gasteiger partial charge is 0.260 e. The molecule has 3 fully saturated rings. The molecule has 0 radical (unpaired) electrons. The van der Waals surface area contributed by atoms with Gasteiger partial charge in [-0.3, -0.25) is 29.5 Å². The second-order valence-corrected chi connectivity index (χ2v) is 14.8. The van der Waals surface area contributed by atoms with Crippen LogP contribution in [0, 0.1) is 30.6 Å². The first-order valence-electron chi connectivity index (χ1n) is 17.2. The van der Waals surface area contributed by atoms with E-state index in [1.54, 1.807) is 42.5 Å². The van der Waals surface area contributed by atoms with Crippen molar-refractivity contribution >= 4 is 50.9 Å². The Hall–Kier alpha value is -5.42. The number of aryl methyl sites for hydroxylation is 1. The summed E-state index contributed by atoms with van der Waals surface area (Å²) in [7, 11) is 2.95. The number of amides is 4. The van der Waals surface area contributed by atoms with Gasteiger partial charge in [-0.1, -0.05) is 75.6 Å². The van der Waals surface area contributed by atoms with E-state index in [1.807, 2.05) is 55.5 Å². The molecule has 8 rings (SSSR count). The van der Waals surface area contributed by atoms with Gasteiger partial charge in [-0.25, -0.2) is 0 Å². The molecule has 4 aliphatic rings. The molecule has 10 nitrogen and oxygen atoms in total. The lowest BCUT2D eigenvalue weighted by molar-refractivity contribution is -0.138. The molecule has 4 aromatic rings. The maximum absolute atomic E-state index is 15.4. The molecule has 0 spiro atoms. The number of rotatable bonds is 7. The SMILES string of the molecule is COc1cc(O)c(C2C3=CCC4C(=O)N(c5ccc(Br)cc5)C(=O)C4C3CC3C(=O)N(Nc4ccc(C)cc4)C(=O)C32c2ccccc2)c(OC)c1. The van der Waals surface area contributed by atoms with Gasteiger partial charge in [-0.05, 0) is 67.6 Å². The number of carbonyl (C=O) groups is 4. The number of hydrogen-bond acceptors (Lipinski definition) is 8. The number of ether oxygens (including phenoxy) is 2. The third kappa shape index (κ3) is 4.89. The fraction of sp³-hybridized carbons (Fsp3) is 0.268. The maximum Gasteiger partial charge on any atom is 0.260 e. The summed E-state index contributed by atoms with van der Waals surface area (Å²) < 4.78 is 12.2. The van der Waals surface area contributed by atoms with Crippen molar-refractivity contribution in [3.63, 3.8) is 0 Å². The first-order valence-corrected chi connectivity index (χ1v) is 17.9. The third-order valence-electron chi connectivity index (χ3n) is 11.3. The lowest BCUT2D eigenvalue weighted by Gasteiger charge is -2.50. The topological polar surface area (TPSA) is 125 Å². The largest absolute Gasteiger partial charge is 0.507 e. The maximum atomic E-state index is 15.4. The first-order chi connectivity index (χ1) is 25.1. The van der Waals surface area contributed by atoms with Gasteiger partial charge < -0.3 is 14.6 Å². The normalized spacial score (nSPS) is 26.5. The van der Waals surface area contributed by atoms with E-state index in [0.717, 1.165) is 15.0 Å². The number of nitrogens with zero attached hydrogens (tertiary/aromatic N) is 2. The molecule has 2 aliphatic heterocycles. The van der Waals surface area contributed by atoms with E-state index in [2.05, 4.69) is 21.4 Å². The predicted molar refractivity (Wildman–Crippen MR) is 197 cm³/mol. The molecule has 2 heterocycles. The predicted octanol–water partition coefficient (Wildman–Crippen LogP) is 6.67. The molecule has 4 aromatic carbocycles. The Morgan fingerprint density at radius 3 is 2.23 bits per heavy atom. The zero-order chi connectivity index (χ0) is 36.5. The molecular formula is C41H36BrN3O7. The van der Waals surface area contributed by atoms with Crippen molar-refractivity contribution in [3.05, 3.63) is 124 Å². The molecule has 0 aromatic heterocycles. The van der Waals surface area contributed by atoms with E-state index in [1.165, 1.54) is 25.2 Å². The highest BCUT2D eigenvalue weighted by Crippen LogP contribution is 2.66. The highest BCUT2D eigenvalue weighted by Gasteiger charge is 2.71. The standard InChI is InChI=1S/C41H36BrN3O7/c1-22-9-13-25(14-10-22)43-45-38(48)31-21-30-28(17-18-29-34(30)39(49)44(37(29)47)26-15-11-24(42)12-16-26)36(35-32(46)19-27(51-2)20-33(35)52-3)41(31,40(45)50)23-7-5-4-6-8-23/h4-17,19-20,29-31,34,36,43,46H,18,21H2,1-3H3. The third-order valence-corrected chi connectivity index (χ3v) is 11.8. The van der Waals surface area contributed by atoms with E-state index in [0.29, 0.717) is 33.8 Å². The van der Waals surface area contributed by atoms with Crippen LogP contribution < -0.4 is 19.8 Å². The van der Waals surface area contributed by atoms with Crippen molar-refractivity contribution < 1.29 is 33.8 Å². The van der Waals surface area contributed by atoms with Crippen molar-refractivity contribution in [2.45, 2.75) is 31.1 Å². The van der Waals surface area contributed by atoms with Crippen LogP contribution >= 0.6 is 15.9 Å². The van der Waals surface area contributed by atoms with Crippen molar-refractivity contribution in [2.75, 3.05) is 24.5 Å². The number of carbonyl (C=O) groups excluding carboxylic acids is 4. The van der Waals surface area contributed by atoms with Crippen LogP contribution in [0.15, 0.2) is 107 Å². The van der Waals surface area contributed by atoms with Crippen LogP contribution in [-0.4, -0.2) is 48.0 Å². The molecule has 11 heteroatoms.